The highest BCUT2D eigenvalue weighted by Gasteiger charge is 2.27. The molecule has 0 aliphatic rings. The number of hydrogen-bond donors (Lipinski definition) is 0. The first kappa shape index (κ1) is 17.3. The summed E-state index contributed by atoms with van der Waals surface area (Å²) in [7, 11) is 3.30. The Bertz CT molecular complexity index is 794. The Labute approximate surface area is 142 Å². The van der Waals surface area contributed by atoms with Crippen molar-refractivity contribution in [3.63, 3.8) is 0 Å². The number of benzene rings is 1. The number of aryl methyl sites for hydroxylation is 1. The van der Waals surface area contributed by atoms with Crippen LogP contribution in [-0.4, -0.2) is 30.2 Å². The lowest BCUT2D eigenvalue weighted by Crippen LogP contribution is -2.08. The molecule has 2 aromatic rings. The molecule has 0 fully saturated rings. The van der Waals surface area contributed by atoms with E-state index in [2.05, 4.69) is 15.9 Å². The second kappa shape index (κ2) is 6.62. The average Bonchev–Trinajstić information content (AvgIpc) is 2.72. The quantitative estimate of drug-likeness (QED) is 0.598. The van der Waals surface area contributed by atoms with E-state index in [4.69, 9.17) is 14.2 Å². The highest BCUT2D eigenvalue weighted by molar-refractivity contribution is 9.10. The third kappa shape index (κ3) is 2.93. The van der Waals surface area contributed by atoms with Gasteiger partial charge in [-0.05, 0) is 35.8 Å². The summed E-state index contributed by atoms with van der Waals surface area (Å²) in [5.74, 6) is -0.410. The molecular weight excluding hydrogens is 366 g/mol. The normalized spacial score (nSPS) is 10.7. The van der Waals surface area contributed by atoms with Crippen molar-refractivity contribution in [2.75, 3.05) is 13.7 Å². The third-order valence-corrected chi connectivity index (χ3v) is 4.16. The largest absolute Gasteiger partial charge is 0.492 e. The van der Waals surface area contributed by atoms with Crippen molar-refractivity contribution in [1.29, 1.82) is 0 Å². The molecule has 23 heavy (non-hydrogen) atoms. The summed E-state index contributed by atoms with van der Waals surface area (Å²) < 4.78 is 18.3. The summed E-state index contributed by atoms with van der Waals surface area (Å²) in [6.45, 7) is 5.10. The fraction of sp³-hybridized carbons (Fsp3) is 0.375. The van der Waals surface area contributed by atoms with Gasteiger partial charge in [-0.25, -0.2) is 4.79 Å². The molecule has 2 rings (SSSR count). The van der Waals surface area contributed by atoms with Crippen molar-refractivity contribution in [3.8, 4) is 11.5 Å². The molecule has 0 spiro atoms. The molecular formula is C16H18BrNO5. The van der Waals surface area contributed by atoms with Gasteiger partial charge in [0.25, 0.3) is 0 Å². The van der Waals surface area contributed by atoms with Gasteiger partial charge < -0.3 is 18.8 Å². The van der Waals surface area contributed by atoms with Crippen molar-refractivity contribution in [3.05, 3.63) is 21.8 Å². The lowest BCUT2D eigenvalue weighted by atomic mass is 10.1. The van der Waals surface area contributed by atoms with Crippen molar-refractivity contribution in [2.24, 2.45) is 7.05 Å². The van der Waals surface area contributed by atoms with E-state index in [0.717, 1.165) is 5.52 Å². The van der Waals surface area contributed by atoms with Crippen molar-refractivity contribution in [1.82, 2.24) is 4.57 Å². The first-order valence-corrected chi connectivity index (χ1v) is 7.83. The second-order valence-corrected chi connectivity index (χ2v) is 5.80. The summed E-state index contributed by atoms with van der Waals surface area (Å²) in [6, 6.07) is 1.82. The maximum atomic E-state index is 12.4. The van der Waals surface area contributed by atoms with E-state index in [-0.39, 0.29) is 12.4 Å². The van der Waals surface area contributed by atoms with Gasteiger partial charge in [-0.15, -0.1) is 0 Å². The van der Waals surface area contributed by atoms with Gasteiger partial charge in [0.05, 0.1) is 34.7 Å². The number of halogens is 1. The molecule has 7 heteroatoms. The van der Waals surface area contributed by atoms with Crippen LogP contribution in [0.15, 0.2) is 10.5 Å². The SMILES string of the molecule is CCOC(=O)c1c(C)n(C)c2cc(Br)c(OC)c(OC(C)=O)c12. The van der Waals surface area contributed by atoms with E-state index < -0.39 is 11.9 Å². The van der Waals surface area contributed by atoms with Gasteiger partial charge >= 0.3 is 11.9 Å². The van der Waals surface area contributed by atoms with E-state index in [1.807, 2.05) is 24.6 Å². The van der Waals surface area contributed by atoms with E-state index in [9.17, 15) is 9.59 Å². The summed E-state index contributed by atoms with van der Waals surface area (Å²) in [5, 5.41) is 0.499. The van der Waals surface area contributed by atoms with E-state index in [1.165, 1.54) is 14.0 Å². The maximum absolute atomic E-state index is 12.4. The first-order valence-electron chi connectivity index (χ1n) is 7.04. The summed E-state index contributed by atoms with van der Waals surface area (Å²) in [6.07, 6.45) is 0. The molecule has 0 saturated heterocycles. The van der Waals surface area contributed by atoms with Gasteiger partial charge in [0.1, 0.15) is 0 Å². The molecule has 1 heterocycles. The molecule has 0 aliphatic carbocycles. The molecule has 0 atom stereocenters. The number of rotatable bonds is 4. The fourth-order valence-electron chi connectivity index (χ4n) is 2.52. The zero-order valence-corrected chi connectivity index (χ0v) is 15.2. The predicted octanol–water partition coefficient (Wildman–Crippen LogP) is 3.36. The topological polar surface area (TPSA) is 66.8 Å². The molecule has 0 bridgehead atoms. The van der Waals surface area contributed by atoms with Crippen LogP contribution < -0.4 is 9.47 Å². The van der Waals surface area contributed by atoms with Crippen LogP contribution in [0.25, 0.3) is 10.9 Å². The van der Waals surface area contributed by atoms with Gasteiger partial charge in [0.2, 0.25) is 0 Å². The number of fused-ring (bicyclic) bond motifs is 1. The average molecular weight is 384 g/mol. The Morgan fingerprint density at radius 1 is 1.30 bits per heavy atom. The van der Waals surface area contributed by atoms with Gasteiger partial charge in [-0.3, -0.25) is 4.79 Å². The molecule has 0 unspecified atom stereocenters. The summed E-state index contributed by atoms with van der Waals surface area (Å²) >= 11 is 3.41. The fourth-order valence-corrected chi connectivity index (χ4v) is 3.07. The Kier molecular flexibility index (Phi) is 4.99. The van der Waals surface area contributed by atoms with Crippen molar-refractivity contribution < 1.29 is 23.8 Å². The number of carbonyl (C=O) groups is 2. The minimum atomic E-state index is -0.501. The minimum absolute atomic E-state index is 0.205. The van der Waals surface area contributed by atoms with Crippen LogP contribution in [0, 0.1) is 6.92 Å². The van der Waals surface area contributed by atoms with Crippen LogP contribution in [0.2, 0.25) is 0 Å². The van der Waals surface area contributed by atoms with E-state index in [1.54, 1.807) is 6.92 Å². The summed E-state index contributed by atoms with van der Waals surface area (Å²) in [5.41, 5.74) is 1.81. The zero-order chi connectivity index (χ0) is 17.3. The molecule has 6 nitrogen and oxygen atoms in total. The van der Waals surface area contributed by atoms with Crippen LogP contribution in [-0.2, 0) is 16.6 Å². The van der Waals surface area contributed by atoms with Crippen LogP contribution in [0.1, 0.15) is 29.9 Å². The predicted molar refractivity (Wildman–Crippen MR) is 89.2 cm³/mol. The number of aromatic nitrogens is 1. The monoisotopic (exact) mass is 383 g/mol. The molecule has 1 aromatic heterocycles. The Hall–Kier alpha value is -2.02. The number of carbonyl (C=O) groups excluding carboxylic acids is 2. The Balaban J connectivity index is 2.93. The third-order valence-electron chi connectivity index (χ3n) is 3.58. The number of ether oxygens (including phenoxy) is 3. The Morgan fingerprint density at radius 3 is 2.48 bits per heavy atom. The molecule has 0 radical (unpaired) electrons. The molecule has 1 aromatic carbocycles. The number of nitrogens with zero attached hydrogens (tertiary/aromatic N) is 1. The Morgan fingerprint density at radius 2 is 1.96 bits per heavy atom. The van der Waals surface area contributed by atoms with Gasteiger partial charge in [-0.2, -0.15) is 0 Å². The summed E-state index contributed by atoms with van der Waals surface area (Å²) in [4.78, 5) is 23.9. The maximum Gasteiger partial charge on any atom is 0.340 e. The van der Waals surface area contributed by atoms with Gasteiger partial charge in [-0.1, -0.05) is 0 Å². The minimum Gasteiger partial charge on any atom is -0.492 e. The van der Waals surface area contributed by atoms with Gasteiger partial charge in [0.15, 0.2) is 11.5 Å². The van der Waals surface area contributed by atoms with Crippen molar-refractivity contribution in [2.45, 2.75) is 20.8 Å². The van der Waals surface area contributed by atoms with Crippen LogP contribution >= 0.6 is 15.9 Å². The molecule has 0 amide bonds. The first-order chi connectivity index (χ1) is 10.8. The van der Waals surface area contributed by atoms with Crippen molar-refractivity contribution >= 4 is 38.8 Å². The number of hydrogen-bond acceptors (Lipinski definition) is 5. The highest BCUT2D eigenvalue weighted by Crippen LogP contribution is 2.45. The second-order valence-electron chi connectivity index (χ2n) is 4.95. The molecule has 124 valence electrons. The van der Waals surface area contributed by atoms with Crippen LogP contribution in [0.4, 0.5) is 0 Å². The number of methoxy groups -OCH3 is 1. The molecule has 0 aliphatic heterocycles. The van der Waals surface area contributed by atoms with Gasteiger partial charge in [0, 0.05) is 19.7 Å². The molecule has 0 saturated carbocycles. The van der Waals surface area contributed by atoms with E-state index in [0.29, 0.717) is 26.9 Å². The highest BCUT2D eigenvalue weighted by atomic mass is 79.9. The molecule has 0 N–H and O–H groups in total. The lowest BCUT2D eigenvalue weighted by molar-refractivity contribution is -0.131. The standard InChI is InChI=1S/C16H18BrNO5/c1-6-22-16(20)12-8(2)18(4)11-7-10(17)14(21-5)15(13(11)12)23-9(3)19/h7H,6H2,1-5H3. The number of esters is 2. The van der Waals surface area contributed by atoms with Crippen LogP contribution in [0.3, 0.4) is 0 Å². The van der Waals surface area contributed by atoms with Crippen LogP contribution in [0.5, 0.6) is 11.5 Å². The lowest BCUT2D eigenvalue weighted by Gasteiger charge is -2.12. The smallest absolute Gasteiger partial charge is 0.340 e. The zero-order valence-electron chi connectivity index (χ0n) is 13.7. The van der Waals surface area contributed by atoms with E-state index >= 15 is 0 Å².